The second-order valence-corrected chi connectivity index (χ2v) is 6.15. The molecule has 0 saturated heterocycles. The molecule has 0 spiro atoms. The molecule has 5 rings (SSSR count). The molecule has 2 aliphatic rings. The van der Waals surface area contributed by atoms with E-state index in [1.165, 1.54) is 0 Å². The highest BCUT2D eigenvalue weighted by molar-refractivity contribution is 6.16. The van der Waals surface area contributed by atoms with Gasteiger partial charge in [-0.15, -0.1) is 0 Å². The lowest BCUT2D eigenvalue weighted by Gasteiger charge is -2.16. The van der Waals surface area contributed by atoms with Crippen molar-refractivity contribution in [3.63, 3.8) is 0 Å². The third-order valence-electron chi connectivity index (χ3n) is 4.74. The van der Waals surface area contributed by atoms with Gasteiger partial charge in [-0.05, 0) is 45.8 Å². The van der Waals surface area contributed by atoms with Crippen molar-refractivity contribution >= 4 is 23.7 Å². The maximum atomic E-state index is 12.8. The number of ketones is 2. The summed E-state index contributed by atoms with van der Waals surface area (Å²) in [4.78, 5) is 25.6. The summed E-state index contributed by atoms with van der Waals surface area (Å²) in [6.07, 6.45) is 3.97. The van der Waals surface area contributed by atoms with Crippen LogP contribution in [0.25, 0.3) is 12.2 Å². The molecule has 2 nitrogen and oxygen atoms in total. The molecule has 0 atom stereocenters. The number of rotatable bonds is 0. The zero-order chi connectivity index (χ0) is 16.3. The standard InChI is InChI=1S/C22H12O2/c23-21-17-7-3-1-5-13(17)9-15-11-20-16(12-19(15)21)10-14-6-2-4-8-18(14)22(20)24/h1-12H. The molecule has 0 unspecified atom stereocenters. The SMILES string of the molecule is O=C1c2ccccc2C=c2cc3c(cc21)=Cc1ccccc1C3=O. The first kappa shape index (κ1) is 13.2. The Bertz CT molecular complexity index is 1090. The van der Waals surface area contributed by atoms with Crippen molar-refractivity contribution in [1.82, 2.24) is 0 Å². The fraction of sp³-hybridized carbons (Fsp3) is 0. The molecule has 3 aromatic carbocycles. The molecule has 2 heteroatoms. The number of fused-ring (bicyclic) bond motifs is 4. The number of benzene rings is 3. The molecule has 0 aliphatic heterocycles. The van der Waals surface area contributed by atoms with Crippen LogP contribution in [0.1, 0.15) is 43.0 Å². The van der Waals surface area contributed by atoms with Crippen LogP contribution in [0.15, 0.2) is 60.7 Å². The van der Waals surface area contributed by atoms with Crippen molar-refractivity contribution in [3.05, 3.63) is 104 Å². The molecule has 2 aliphatic carbocycles. The van der Waals surface area contributed by atoms with Gasteiger partial charge in [0.15, 0.2) is 11.6 Å². The first-order valence-electron chi connectivity index (χ1n) is 7.87. The number of carbonyl (C=O) groups is 2. The molecular weight excluding hydrogens is 296 g/mol. The maximum absolute atomic E-state index is 12.8. The molecule has 0 heterocycles. The summed E-state index contributed by atoms with van der Waals surface area (Å²) in [6, 6.07) is 18.8. The summed E-state index contributed by atoms with van der Waals surface area (Å²) in [6.45, 7) is 0. The quantitative estimate of drug-likeness (QED) is 0.440. The Morgan fingerprint density at radius 3 is 1.38 bits per heavy atom. The minimum absolute atomic E-state index is 0.0191. The van der Waals surface area contributed by atoms with Crippen molar-refractivity contribution in [1.29, 1.82) is 0 Å². The molecule has 0 bridgehead atoms. The van der Waals surface area contributed by atoms with Gasteiger partial charge in [0.05, 0.1) is 0 Å². The van der Waals surface area contributed by atoms with E-state index in [4.69, 9.17) is 0 Å². The lowest BCUT2D eigenvalue weighted by molar-refractivity contribution is 0.102. The van der Waals surface area contributed by atoms with Crippen LogP contribution in [-0.4, -0.2) is 11.6 Å². The van der Waals surface area contributed by atoms with Gasteiger partial charge in [0.2, 0.25) is 0 Å². The molecule has 112 valence electrons. The van der Waals surface area contributed by atoms with Crippen LogP contribution < -0.4 is 10.4 Å². The average molecular weight is 308 g/mol. The van der Waals surface area contributed by atoms with Crippen LogP contribution in [0, 0.1) is 0 Å². The van der Waals surface area contributed by atoms with Crippen molar-refractivity contribution in [2.45, 2.75) is 0 Å². The summed E-state index contributed by atoms with van der Waals surface area (Å²) < 4.78 is 0. The zero-order valence-electron chi connectivity index (χ0n) is 12.7. The van der Waals surface area contributed by atoms with Crippen LogP contribution in [0.3, 0.4) is 0 Å². The average Bonchev–Trinajstić information content (AvgIpc) is 2.62. The van der Waals surface area contributed by atoms with E-state index in [1.807, 2.05) is 72.8 Å². The van der Waals surface area contributed by atoms with Gasteiger partial charge < -0.3 is 0 Å². The highest BCUT2D eigenvalue weighted by Crippen LogP contribution is 2.20. The predicted molar refractivity (Wildman–Crippen MR) is 92.6 cm³/mol. The molecule has 0 aromatic heterocycles. The molecule has 0 fully saturated rings. The van der Waals surface area contributed by atoms with Gasteiger partial charge in [-0.3, -0.25) is 9.59 Å². The van der Waals surface area contributed by atoms with E-state index in [1.54, 1.807) is 0 Å². The first-order valence-corrected chi connectivity index (χ1v) is 7.87. The summed E-state index contributed by atoms with van der Waals surface area (Å²) in [5.41, 5.74) is 4.57. The Labute approximate surface area is 138 Å². The highest BCUT2D eigenvalue weighted by atomic mass is 16.1. The van der Waals surface area contributed by atoms with Gasteiger partial charge in [0.1, 0.15) is 0 Å². The lowest BCUT2D eigenvalue weighted by Crippen LogP contribution is -2.30. The molecule has 0 amide bonds. The fourth-order valence-electron chi connectivity index (χ4n) is 3.55. The van der Waals surface area contributed by atoms with E-state index >= 15 is 0 Å². The maximum Gasteiger partial charge on any atom is 0.194 e. The van der Waals surface area contributed by atoms with Crippen molar-refractivity contribution in [2.24, 2.45) is 0 Å². The monoisotopic (exact) mass is 308 g/mol. The number of carbonyl (C=O) groups excluding carboxylic acids is 2. The molecule has 0 radical (unpaired) electrons. The van der Waals surface area contributed by atoms with E-state index < -0.39 is 0 Å². The van der Waals surface area contributed by atoms with Crippen LogP contribution in [0.5, 0.6) is 0 Å². The van der Waals surface area contributed by atoms with E-state index in [2.05, 4.69) is 0 Å². The van der Waals surface area contributed by atoms with Crippen LogP contribution >= 0.6 is 0 Å². The zero-order valence-corrected chi connectivity index (χ0v) is 12.7. The largest absolute Gasteiger partial charge is 0.289 e. The topological polar surface area (TPSA) is 34.1 Å². The van der Waals surface area contributed by atoms with Gasteiger partial charge >= 0.3 is 0 Å². The molecule has 0 N–H and O–H groups in total. The Kier molecular flexibility index (Phi) is 2.54. The Morgan fingerprint density at radius 1 is 0.500 bits per heavy atom. The number of hydrogen-bond donors (Lipinski definition) is 0. The number of hydrogen-bond acceptors (Lipinski definition) is 2. The minimum Gasteiger partial charge on any atom is -0.289 e. The Balaban J connectivity index is 1.86. The molecular formula is C22H12O2. The second kappa shape index (κ2) is 4.62. The summed E-state index contributed by atoms with van der Waals surface area (Å²) in [5, 5.41) is 1.64. The van der Waals surface area contributed by atoms with Gasteiger partial charge in [-0.2, -0.15) is 0 Å². The van der Waals surface area contributed by atoms with Gasteiger partial charge in [0, 0.05) is 22.3 Å². The van der Waals surface area contributed by atoms with Crippen molar-refractivity contribution in [2.75, 3.05) is 0 Å². The third-order valence-corrected chi connectivity index (χ3v) is 4.74. The highest BCUT2D eigenvalue weighted by Gasteiger charge is 2.23. The van der Waals surface area contributed by atoms with Gasteiger partial charge in [-0.25, -0.2) is 0 Å². The van der Waals surface area contributed by atoms with Crippen LogP contribution in [0.2, 0.25) is 0 Å². The Morgan fingerprint density at radius 2 is 0.917 bits per heavy atom. The smallest absolute Gasteiger partial charge is 0.194 e. The van der Waals surface area contributed by atoms with Gasteiger partial charge in [0.25, 0.3) is 0 Å². The van der Waals surface area contributed by atoms with Crippen molar-refractivity contribution < 1.29 is 9.59 Å². The summed E-state index contributed by atoms with van der Waals surface area (Å²) in [7, 11) is 0. The van der Waals surface area contributed by atoms with E-state index in [0.29, 0.717) is 22.3 Å². The van der Waals surface area contributed by atoms with Gasteiger partial charge in [-0.1, -0.05) is 48.5 Å². The van der Waals surface area contributed by atoms with Crippen molar-refractivity contribution in [3.8, 4) is 0 Å². The predicted octanol–water partition coefficient (Wildman–Crippen LogP) is 2.43. The molecule has 3 aromatic rings. The molecule has 24 heavy (non-hydrogen) atoms. The minimum atomic E-state index is 0.0191. The van der Waals surface area contributed by atoms with E-state index in [9.17, 15) is 9.59 Å². The first-order chi connectivity index (χ1) is 11.7. The normalized spacial score (nSPS) is 13.8. The van der Waals surface area contributed by atoms with Crippen LogP contribution in [0.4, 0.5) is 0 Å². The lowest BCUT2D eigenvalue weighted by atomic mass is 9.85. The summed E-state index contributed by atoms with van der Waals surface area (Å²) in [5.74, 6) is 0.0382. The Hall–Kier alpha value is -3.26. The summed E-state index contributed by atoms with van der Waals surface area (Å²) >= 11 is 0. The fourth-order valence-corrected chi connectivity index (χ4v) is 3.55. The van der Waals surface area contributed by atoms with E-state index in [0.717, 1.165) is 21.6 Å². The van der Waals surface area contributed by atoms with E-state index in [-0.39, 0.29) is 11.6 Å². The van der Waals surface area contributed by atoms with Crippen LogP contribution in [-0.2, 0) is 0 Å². The third kappa shape index (κ3) is 1.71. The second-order valence-electron chi connectivity index (χ2n) is 6.15. The molecule has 0 saturated carbocycles.